The first-order valence-electron chi connectivity index (χ1n) is 11.6. The second kappa shape index (κ2) is 8.77. The largest absolute Gasteiger partial charge is 0.323 e. The molecular weight excluding hydrogens is 408 g/mol. The lowest BCUT2D eigenvalue weighted by Gasteiger charge is -2.40. The number of likely N-dealkylation sites (tertiary alicyclic amines) is 1. The van der Waals surface area contributed by atoms with Crippen LogP contribution in [0.5, 0.6) is 0 Å². The number of nitrogens with zero attached hydrogens (tertiary/aromatic N) is 3. The SMILES string of the molecule is CCc1ccc(C2CC(c3cc(C4CC4)[nH]n3)CN(C(=O)N3CCS(=O)CC3)C2)cc1. The van der Waals surface area contributed by atoms with E-state index in [9.17, 15) is 9.00 Å². The van der Waals surface area contributed by atoms with Crippen LogP contribution in [0.2, 0.25) is 0 Å². The molecule has 3 fully saturated rings. The van der Waals surface area contributed by atoms with Crippen LogP contribution >= 0.6 is 0 Å². The van der Waals surface area contributed by atoms with Gasteiger partial charge in [-0.15, -0.1) is 0 Å². The van der Waals surface area contributed by atoms with Gasteiger partial charge in [0.15, 0.2) is 0 Å². The van der Waals surface area contributed by atoms with E-state index in [1.165, 1.54) is 29.7 Å². The van der Waals surface area contributed by atoms with Gasteiger partial charge in [-0.1, -0.05) is 31.2 Å². The van der Waals surface area contributed by atoms with Crippen LogP contribution < -0.4 is 0 Å². The summed E-state index contributed by atoms with van der Waals surface area (Å²) in [6.45, 7) is 4.80. The summed E-state index contributed by atoms with van der Waals surface area (Å²) in [5.74, 6) is 2.36. The Bertz CT molecular complexity index is 943. The number of aromatic amines is 1. The van der Waals surface area contributed by atoms with Crippen LogP contribution in [-0.4, -0.2) is 67.9 Å². The zero-order valence-electron chi connectivity index (χ0n) is 18.3. The fraction of sp³-hybridized carbons (Fsp3) is 0.583. The molecular formula is C24H32N4O2S. The molecule has 0 spiro atoms. The number of hydrogen-bond donors (Lipinski definition) is 1. The number of aromatic nitrogens is 2. The van der Waals surface area contributed by atoms with Crippen molar-refractivity contribution in [3.8, 4) is 0 Å². The van der Waals surface area contributed by atoms with Gasteiger partial charge in [0, 0.05) is 71.9 Å². The van der Waals surface area contributed by atoms with Crippen LogP contribution in [-0.2, 0) is 17.2 Å². The molecule has 2 atom stereocenters. The van der Waals surface area contributed by atoms with Crippen molar-refractivity contribution >= 4 is 16.8 Å². The average molecular weight is 441 g/mol. The summed E-state index contributed by atoms with van der Waals surface area (Å²) in [7, 11) is -0.781. The van der Waals surface area contributed by atoms with Crippen molar-refractivity contribution in [1.82, 2.24) is 20.0 Å². The van der Waals surface area contributed by atoms with Gasteiger partial charge in [-0.25, -0.2) is 4.79 Å². The van der Waals surface area contributed by atoms with Crippen molar-refractivity contribution in [2.24, 2.45) is 0 Å². The third-order valence-corrected chi connectivity index (χ3v) is 8.36. The Morgan fingerprint density at radius 3 is 2.45 bits per heavy atom. The van der Waals surface area contributed by atoms with Gasteiger partial charge in [-0.3, -0.25) is 9.31 Å². The molecule has 1 aromatic carbocycles. The Morgan fingerprint density at radius 2 is 1.77 bits per heavy atom. The summed E-state index contributed by atoms with van der Waals surface area (Å²) in [6.07, 6.45) is 4.54. The number of hydrogen-bond acceptors (Lipinski definition) is 3. The molecule has 3 heterocycles. The molecule has 31 heavy (non-hydrogen) atoms. The molecule has 5 rings (SSSR count). The van der Waals surface area contributed by atoms with Crippen LogP contribution in [0, 0.1) is 0 Å². The molecule has 2 aromatic rings. The van der Waals surface area contributed by atoms with Crippen molar-refractivity contribution in [1.29, 1.82) is 0 Å². The molecule has 7 heteroatoms. The number of urea groups is 1. The van der Waals surface area contributed by atoms with Gasteiger partial charge < -0.3 is 9.80 Å². The number of piperidine rings is 1. The number of rotatable bonds is 4. The number of amides is 2. The molecule has 166 valence electrons. The van der Waals surface area contributed by atoms with E-state index in [0.29, 0.717) is 43.0 Å². The molecule has 0 radical (unpaired) electrons. The van der Waals surface area contributed by atoms with Gasteiger partial charge in [0.2, 0.25) is 0 Å². The minimum Gasteiger partial charge on any atom is -0.323 e. The fourth-order valence-corrected chi connectivity index (χ4v) is 5.98. The molecule has 2 saturated heterocycles. The zero-order chi connectivity index (χ0) is 21.4. The van der Waals surface area contributed by atoms with Crippen molar-refractivity contribution in [3.63, 3.8) is 0 Å². The summed E-state index contributed by atoms with van der Waals surface area (Å²) >= 11 is 0. The number of carbonyl (C=O) groups is 1. The van der Waals surface area contributed by atoms with Crippen molar-refractivity contribution in [2.45, 2.75) is 50.4 Å². The molecule has 2 amide bonds. The number of carbonyl (C=O) groups excluding carboxylic acids is 1. The van der Waals surface area contributed by atoms with E-state index in [2.05, 4.69) is 47.5 Å². The number of aryl methyl sites for hydroxylation is 1. The second-order valence-corrected chi connectivity index (χ2v) is 11.0. The highest BCUT2D eigenvalue weighted by molar-refractivity contribution is 7.85. The topological polar surface area (TPSA) is 69.3 Å². The van der Waals surface area contributed by atoms with Gasteiger partial charge >= 0.3 is 6.03 Å². The average Bonchev–Trinajstić information content (AvgIpc) is 3.55. The van der Waals surface area contributed by atoms with Gasteiger partial charge in [0.05, 0.1) is 5.69 Å². The standard InChI is InChI=1S/C24H32N4O2S/c1-2-17-3-5-18(6-4-17)20-13-21(23-14-22(25-26-23)19-7-8-19)16-28(15-20)24(29)27-9-11-31(30)12-10-27/h3-6,14,19-21H,2,7-13,15-16H2,1H3,(H,25,26). The van der Waals surface area contributed by atoms with Crippen LogP contribution in [0.1, 0.15) is 66.5 Å². The lowest BCUT2D eigenvalue weighted by atomic mass is 9.82. The first-order chi connectivity index (χ1) is 15.1. The van der Waals surface area contributed by atoms with Crippen LogP contribution in [0.4, 0.5) is 4.79 Å². The van der Waals surface area contributed by atoms with Gasteiger partial charge in [0.1, 0.15) is 0 Å². The number of nitrogens with one attached hydrogen (secondary N) is 1. The highest BCUT2D eigenvalue weighted by atomic mass is 32.2. The maximum Gasteiger partial charge on any atom is 0.320 e. The molecule has 1 aromatic heterocycles. The maximum atomic E-state index is 13.4. The first kappa shape index (κ1) is 20.7. The quantitative estimate of drug-likeness (QED) is 0.790. The van der Waals surface area contributed by atoms with Crippen molar-refractivity contribution in [3.05, 3.63) is 52.8 Å². The molecule has 1 saturated carbocycles. The second-order valence-electron chi connectivity index (χ2n) is 9.27. The van der Waals surface area contributed by atoms with E-state index in [1.807, 2.05) is 9.80 Å². The summed E-state index contributed by atoms with van der Waals surface area (Å²) in [5.41, 5.74) is 4.99. The Labute approximate surface area is 186 Å². The third-order valence-electron chi connectivity index (χ3n) is 7.08. The molecule has 3 aliphatic rings. The summed E-state index contributed by atoms with van der Waals surface area (Å²) in [5, 5.41) is 7.91. The van der Waals surface area contributed by atoms with Gasteiger partial charge in [-0.05, 0) is 42.9 Å². The molecule has 1 aliphatic carbocycles. The monoisotopic (exact) mass is 440 g/mol. The predicted molar refractivity (Wildman–Crippen MR) is 123 cm³/mol. The molecule has 0 bridgehead atoms. The van der Waals surface area contributed by atoms with E-state index < -0.39 is 10.8 Å². The smallest absolute Gasteiger partial charge is 0.320 e. The molecule has 2 unspecified atom stereocenters. The lowest BCUT2D eigenvalue weighted by Crippen LogP contribution is -2.52. The van der Waals surface area contributed by atoms with E-state index >= 15 is 0 Å². The number of benzene rings is 1. The van der Waals surface area contributed by atoms with Crippen LogP contribution in [0.15, 0.2) is 30.3 Å². The Balaban J connectivity index is 1.38. The summed E-state index contributed by atoms with van der Waals surface area (Å²) in [4.78, 5) is 17.3. The van der Waals surface area contributed by atoms with Gasteiger partial charge in [0.25, 0.3) is 0 Å². The van der Waals surface area contributed by atoms with Gasteiger partial charge in [-0.2, -0.15) is 5.10 Å². The Hall–Kier alpha value is -2.15. The van der Waals surface area contributed by atoms with Crippen LogP contribution in [0.25, 0.3) is 0 Å². The fourth-order valence-electron chi connectivity index (χ4n) is 4.93. The summed E-state index contributed by atoms with van der Waals surface area (Å²) in [6, 6.07) is 11.2. The Kier molecular flexibility index (Phi) is 5.87. The minimum absolute atomic E-state index is 0.0922. The highest BCUT2D eigenvalue weighted by Crippen LogP contribution is 2.41. The maximum absolute atomic E-state index is 13.4. The normalized spacial score (nSPS) is 25.1. The molecule has 2 aliphatic heterocycles. The van der Waals surface area contributed by atoms with Crippen LogP contribution in [0.3, 0.4) is 0 Å². The predicted octanol–water partition coefficient (Wildman–Crippen LogP) is 3.61. The first-order valence-corrected chi connectivity index (χ1v) is 13.1. The number of H-pyrrole nitrogens is 1. The molecule has 6 nitrogen and oxygen atoms in total. The van der Waals surface area contributed by atoms with Crippen molar-refractivity contribution < 1.29 is 9.00 Å². The van der Waals surface area contributed by atoms with Crippen molar-refractivity contribution in [2.75, 3.05) is 37.7 Å². The zero-order valence-corrected chi connectivity index (χ0v) is 19.1. The van der Waals surface area contributed by atoms with E-state index in [4.69, 9.17) is 0 Å². The summed E-state index contributed by atoms with van der Waals surface area (Å²) < 4.78 is 11.7. The lowest BCUT2D eigenvalue weighted by molar-refractivity contribution is 0.135. The van der Waals surface area contributed by atoms with E-state index in [-0.39, 0.29) is 11.9 Å². The van der Waals surface area contributed by atoms with E-state index in [0.717, 1.165) is 25.1 Å². The third kappa shape index (κ3) is 4.56. The Morgan fingerprint density at radius 1 is 1.06 bits per heavy atom. The van der Waals surface area contributed by atoms with E-state index in [1.54, 1.807) is 0 Å². The molecule has 1 N–H and O–H groups in total. The highest BCUT2D eigenvalue weighted by Gasteiger charge is 2.36. The minimum atomic E-state index is -0.781.